The van der Waals surface area contributed by atoms with Crippen molar-refractivity contribution >= 4 is 17.6 Å². The van der Waals surface area contributed by atoms with Crippen LogP contribution in [0.1, 0.15) is 6.42 Å². The quantitative estimate of drug-likeness (QED) is 0.191. The van der Waals surface area contributed by atoms with Crippen LogP contribution in [-0.2, 0) is 0 Å². The maximum Gasteiger partial charge on any atom is 0.219 e. The summed E-state index contributed by atoms with van der Waals surface area (Å²) in [5.74, 6) is 6.34. The van der Waals surface area contributed by atoms with E-state index in [1.165, 1.54) is 11.8 Å². The largest absolute Gasteiger partial charge is 0.477 e. The Morgan fingerprint density at radius 1 is 1.67 bits per heavy atom. The minimum atomic E-state index is 0.518. The molecule has 0 fully saturated rings. The molecule has 82 valence electrons. The van der Waals surface area contributed by atoms with Crippen LogP contribution < -0.4 is 16.0 Å². The standard InChI is InChI=1S/C9H14N4OS/c1-3-4-5-14-8-6-7(13-10)11-9(12-8)15-2/h3,6H,1,4-5,10H2,2H3,(H,11,12,13). The van der Waals surface area contributed by atoms with Crippen molar-refractivity contribution < 1.29 is 4.74 Å². The van der Waals surface area contributed by atoms with E-state index in [9.17, 15) is 0 Å². The summed E-state index contributed by atoms with van der Waals surface area (Å²) in [6, 6.07) is 1.66. The first-order valence-corrected chi connectivity index (χ1v) is 5.66. The molecule has 0 aromatic carbocycles. The predicted octanol–water partition coefficient (Wildman–Crippen LogP) is 1.44. The van der Waals surface area contributed by atoms with Gasteiger partial charge in [-0.05, 0) is 12.7 Å². The van der Waals surface area contributed by atoms with Crippen LogP contribution in [0, 0.1) is 0 Å². The summed E-state index contributed by atoms with van der Waals surface area (Å²) in [6.45, 7) is 4.16. The highest BCUT2D eigenvalue weighted by Gasteiger charge is 2.03. The van der Waals surface area contributed by atoms with Crippen LogP contribution in [-0.4, -0.2) is 22.8 Å². The SMILES string of the molecule is C=CCCOc1cc(NN)nc(SC)n1. The van der Waals surface area contributed by atoms with Gasteiger partial charge in [-0.15, -0.1) is 6.58 Å². The third-order valence-corrected chi connectivity index (χ3v) is 2.13. The normalized spacial score (nSPS) is 9.73. The lowest BCUT2D eigenvalue weighted by molar-refractivity contribution is 0.309. The van der Waals surface area contributed by atoms with Gasteiger partial charge in [0.1, 0.15) is 5.82 Å². The number of nitrogens with zero attached hydrogens (tertiary/aromatic N) is 2. The van der Waals surface area contributed by atoms with Crippen LogP contribution in [0.5, 0.6) is 5.88 Å². The van der Waals surface area contributed by atoms with Gasteiger partial charge in [0.25, 0.3) is 0 Å². The van der Waals surface area contributed by atoms with E-state index < -0.39 is 0 Å². The van der Waals surface area contributed by atoms with Gasteiger partial charge in [-0.1, -0.05) is 17.8 Å². The number of rotatable bonds is 6. The van der Waals surface area contributed by atoms with Crippen molar-refractivity contribution in [1.82, 2.24) is 9.97 Å². The van der Waals surface area contributed by atoms with Crippen molar-refractivity contribution in [2.75, 3.05) is 18.3 Å². The maximum absolute atomic E-state index is 5.40. The Morgan fingerprint density at radius 2 is 2.47 bits per heavy atom. The average molecular weight is 226 g/mol. The van der Waals surface area contributed by atoms with Crippen LogP contribution in [0.3, 0.4) is 0 Å². The van der Waals surface area contributed by atoms with Gasteiger partial charge in [-0.2, -0.15) is 4.98 Å². The van der Waals surface area contributed by atoms with E-state index in [1.54, 1.807) is 12.1 Å². The summed E-state index contributed by atoms with van der Waals surface area (Å²) in [6.07, 6.45) is 4.46. The molecule has 15 heavy (non-hydrogen) atoms. The molecule has 6 heteroatoms. The number of nitrogens with one attached hydrogen (secondary N) is 1. The van der Waals surface area contributed by atoms with Gasteiger partial charge in [0.15, 0.2) is 5.16 Å². The molecule has 0 amide bonds. The molecular formula is C9H14N4OS. The molecule has 0 aliphatic heterocycles. The zero-order valence-electron chi connectivity index (χ0n) is 8.56. The van der Waals surface area contributed by atoms with Gasteiger partial charge >= 0.3 is 0 Å². The molecule has 5 nitrogen and oxygen atoms in total. The Bertz CT molecular complexity index is 310. The van der Waals surface area contributed by atoms with Crippen molar-refractivity contribution in [3.63, 3.8) is 0 Å². The van der Waals surface area contributed by atoms with E-state index >= 15 is 0 Å². The second kappa shape index (κ2) is 6.26. The van der Waals surface area contributed by atoms with Crippen molar-refractivity contribution in [3.8, 4) is 5.88 Å². The van der Waals surface area contributed by atoms with Crippen LogP contribution in [0.2, 0.25) is 0 Å². The molecule has 3 N–H and O–H groups in total. The minimum Gasteiger partial charge on any atom is -0.477 e. The summed E-state index contributed by atoms with van der Waals surface area (Å²) in [4.78, 5) is 8.29. The van der Waals surface area contributed by atoms with E-state index in [0.29, 0.717) is 23.5 Å². The Morgan fingerprint density at radius 3 is 3.07 bits per heavy atom. The zero-order chi connectivity index (χ0) is 11.1. The molecular weight excluding hydrogens is 212 g/mol. The van der Waals surface area contributed by atoms with Gasteiger partial charge < -0.3 is 10.2 Å². The third-order valence-electron chi connectivity index (χ3n) is 1.58. The van der Waals surface area contributed by atoms with Crippen LogP contribution >= 0.6 is 11.8 Å². The van der Waals surface area contributed by atoms with Gasteiger partial charge in [-0.3, -0.25) is 0 Å². The first-order chi connectivity index (χ1) is 7.30. The lowest BCUT2D eigenvalue weighted by atomic mass is 10.4. The fourth-order valence-corrected chi connectivity index (χ4v) is 1.26. The summed E-state index contributed by atoms with van der Waals surface area (Å²) >= 11 is 1.43. The number of hydrogen-bond acceptors (Lipinski definition) is 6. The number of aromatic nitrogens is 2. The Hall–Kier alpha value is -1.27. The molecule has 0 aliphatic carbocycles. The first kappa shape index (κ1) is 11.8. The number of hydrogen-bond donors (Lipinski definition) is 2. The molecule has 0 saturated heterocycles. The molecule has 0 saturated carbocycles. The van der Waals surface area contributed by atoms with Gasteiger partial charge in [-0.25, -0.2) is 10.8 Å². The number of ether oxygens (including phenoxy) is 1. The first-order valence-electron chi connectivity index (χ1n) is 4.43. The second-order valence-corrected chi connectivity index (χ2v) is 3.42. The number of nitrogens with two attached hydrogens (primary N) is 1. The van der Waals surface area contributed by atoms with Gasteiger partial charge in [0.05, 0.1) is 6.61 Å². The molecule has 0 spiro atoms. The summed E-state index contributed by atoms with van der Waals surface area (Å²) in [7, 11) is 0. The summed E-state index contributed by atoms with van der Waals surface area (Å²) in [5.41, 5.74) is 2.47. The van der Waals surface area contributed by atoms with Crippen LogP contribution in [0.15, 0.2) is 23.9 Å². The van der Waals surface area contributed by atoms with Crippen molar-refractivity contribution in [2.24, 2.45) is 5.84 Å². The lowest BCUT2D eigenvalue weighted by Crippen LogP contribution is -2.10. The topological polar surface area (TPSA) is 73.1 Å². The summed E-state index contributed by atoms with van der Waals surface area (Å²) < 4.78 is 5.40. The lowest BCUT2D eigenvalue weighted by Gasteiger charge is -2.06. The summed E-state index contributed by atoms with van der Waals surface area (Å²) in [5, 5.41) is 0.624. The predicted molar refractivity (Wildman–Crippen MR) is 61.9 cm³/mol. The third kappa shape index (κ3) is 3.77. The molecule has 0 radical (unpaired) electrons. The van der Waals surface area contributed by atoms with E-state index in [4.69, 9.17) is 10.6 Å². The van der Waals surface area contributed by atoms with E-state index in [1.807, 2.05) is 6.26 Å². The van der Waals surface area contributed by atoms with E-state index in [-0.39, 0.29) is 0 Å². The highest BCUT2D eigenvalue weighted by molar-refractivity contribution is 7.98. The molecule has 0 aliphatic rings. The number of anilines is 1. The zero-order valence-corrected chi connectivity index (χ0v) is 9.38. The van der Waals surface area contributed by atoms with Crippen LogP contribution in [0.25, 0.3) is 0 Å². The second-order valence-electron chi connectivity index (χ2n) is 2.65. The molecule has 0 unspecified atom stereocenters. The number of thioether (sulfide) groups is 1. The molecule has 1 aromatic rings. The number of hydrazine groups is 1. The smallest absolute Gasteiger partial charge is 0.219 e. The fraction of sp³-hybridized carbons (Fsp3) is 0.333. The fourth-order valence-electron chi connectivity index (χ4n) is 0.890. The highest BCUT2D eigenvalue weighted by Crippen LogP contribution is 2.18. The van der Waals surface area contributed by atoms with E-state index in [2.05, 4.69) is 22.0 Å². The van der Waals surface area contributed by atoms with Gasteiger partial charge in [0, 0.05) is 6.07 Å². The minimum absolute atomic E-state index is 0.518. The monoisotopic (exact) mass is 226 g/mol. The average Bonchev–Trinajstić information content (AvgIpc) is 2.29. The van der Waals surface area contributed by atoms with Crippen LogP contribution in [0.4, 0.5) is 5.82 Å². The maximum atomic E-state index is 5.40. The van der Waals surface area contributed by atoms with Crippen molar-refractivity contribution in [3.05, 3.63) is 18.7 Å². The molecule has 1 rings (SSSR count). The highest BCUT2D eigenvalue weighted by atomic mass is 32.2. The van der Waals surface area contributed by atoms with Crippen molar-refractivity contribution in [2.45, 2.75) is 11.6 Å². The molecule has 1 heterocycles. The molecule has 0 atom stereocenters. The number of nitrogen functional groups attached to an aromatic ring is 1. The Balaban J connectivity index is 2.72. The Labute approximate surface area is 93.1 Å². The Kier molecular flexibility index (Phi) is 4.92. The molecule has 1 aromatic heterocycles. The molecule has 0 bridgehead atoms. The van der Waals surface area contributed by atoms with E-state index in [0.717, 1.165) is 6.42 Å². The van der Waals surface area contributed by atoms with Gasteiger partial charge in [0.2, 0.25) is 5.88 Å². The van der Waals surface area contributed by atoms with Crippen molar-refractivity contribution in [1.29, 1.82) is 0 Å².